The quantitative estimate of drug-likeness (QED) is 0.240. The Morgan fingerprint density at radius 2 is 1.56 bits per heavy atom. The van der Waals surface area contributed by atoms with E-state index in [1.807, 2.05) is 30.3 Å². The summed E-state index contributed by atoms with van der Waals surface area (Å²) in [5, 5.41) is 2.59. The smallest absolute Gasteiger partial charge is 0.266 e. The molecule has 2 aliphatic heterocycles. The summed E-state index contributed by atoms with van der Waals surface area (Å²) in [6, 6.07) is 24.3. The zero-order chi connectivity index (χ0) is 25.0. The highest BCUT2D eigenvalue weighted by Crippen LogP contribution is 2.48. The molecule has 4 aromatic rings. The molecule has 0 radical (unpaired) electrons. The van der Waals surface area contributed by atoms with Gasteiger partial charge in [-0.2, -0.15) is 0 Å². The number of hydrogen-bond donors (Lipinski definition) is 0. The molecule has 6 rings (SSSR count). The molecule has 0 saturated carbocycles. The number of amides is 2. The molecule has 1 aromatic heterocycles. The molecule has 36 heavy (non-hydrogen) atoms. The Hall–Kier alpha value is -3.10. The molecule has 2 amide bonds. The number of halogens is 3. The van der Waals surface area contributed by atoms with Crippen molar-refractivity contribution < 1.29 is 18.8 Å². The zero-order valence-electron chi connectivity index (χ0n) is 18.5. The van der Waals surface area contributed by atoms with Crippen LogP contribution in [0.3, 0.4) is 0 Å². The summed E-state index contributed by atoms with van der Waals surface area (Å²) in [7, 11) is 0. The van der Waals surface area contributed by atoms with Crippen LogP contribution in [0.4, 0.5) is 11.4 Å². The van der Waals surface area contributed by atoms with Gasteiger partial charge in [-0.05, 0) is 66.7 Å². The van der Waals surface area contributed by atoms with E-state index >= 15 is 0 Å². The number of benzene rings is 3. The van der Waals surface area contributed by atoms with E-state index in [1.165, 1.54) is 4.90 Å². The topological polar surface area (TPSA) is 63.0 Å². The lowest BCUT2D eigenvalue weighted by Crippen LogP contribution is -2.37. The van der Waals surface area contributed by atoms with Gasteiger partial charge in [-0.25, -0.2) is 9.96 Å². The predicted molar refractivity (Wildman–Crippen MR) is 141 cm³/mol. The lowest BCUT2D eigenvalue weighted by molar-refractivity contribution is -0.126. The van der Waals surface area contributed by atoms with Crippen molar-refractivity contribution in [1.82, 2.24) is 0 Å². The van der Waals surface area contributed by atoms with Gasteiger partial charge in [0.1, 0.15) is 23.5 Å². The Balaban J connectivity index is 1.43. The van der Waals surface area contributed by atoms with Crippen LogP contribution in [0.25, 0.3) is 11.3 Å². The van der Waals surface area contributed by atoms with E-state index in [9.17, 15) is 9.59 Å². The number of imide groups is 1. The number of furan rings is 1. The van der Waals surface area contributed by atoms with E-state index in [0.29, 0.717) is 38.5 Å². The number of hydroxylamine groups is 1. The van der Waals surface area contributed by atoms with E-state index in [2.05, 4.69) is 15.9 Å². The second-order valence-corrected chi connectivity index (χ2v) is 10.2. The lowest BCUT2D eigenvalue weighted by atomic mass is 9.94. The molecule has 2 fully saturated rings. The van der Waals surface area contributed by atoms with Crippen LogP contribution in [0.2, 0.25) is 10.0 Å². The maximum absolute atomic E-state index is 13.7. The number of anilines is 2. The number of fused-ring (bicyclic) bond motifs is 1. The van der Waals surface area contributed by atoms with E-state index in [0.717, 1.165) is 4.47 Å². The Morgan fingerprint density at radius 1 is 0.806 bits per heavy atom. The van der Waals surface area contributed by atoms with Crippen molar-refractivity contribution in [2.75, 3.05) is 9.96 Å². The molecular weight excluding hydrogens is 567 g/mol. The van der Waals surface area contributed by atoms with Crippen molar-refractivity contribution in [3.63, 3.8) is 0 Å². The van der Waals surface area contributed by atoms with Gasteiger partial charge in [-0.3, -0.25) is 14.4 Å². The molecule has 0 aliphatic carbocycles. The Labute approximate surface area is 225 Å². The molecule has 180 valence electrons. The monoisotopic (exact) mass is 582 g/mol. The van der Waals surface area contributed by atoms with Gasteiger partial charge in [-0.15, -0.1) is 0 Å². The van der Waals surface area contributed by atoms with E-state index in [1.54, 1.807) is 59.7 Å². The molecule has 0 bridgehead atoms. The van der Waals surface area contributed by atoms with E-state index in [-0.39, 0.29) is 5.91 Å². The third-order valence-electron chi connectivity index (χ3n) is 6.32. The molecule has 6 nitrogen and oxygen atoms in total. The van der Waals surface area contributed by atoms with Crippen molar-refractivity contribution in [3.8, 4) is 11.3 Å². The van der Waals surface area contributed by atoms with Gasteiger partial charge in [-0.1, -0.05) is 57.3 Å². The molecule has 3 heterocycles. The number of rotatable bonds is 4. The Bertz CT molecular complexity index is 1470. The number of hydrogen-bond acceptors (Lipinski definition) is 5. The number of nitrogens with zero attached hydrogens (tertiary/aromatic N) is 2. The maximum atomic E-state index is 13.7. The molecular formula is C27H17BrCl2N2O4. The van der Waals surface area contributed by atoms with Crippen molar-refractivity contribution in [2.24, 2.45) is 5.92 Å². The normalized spacial score (nSPS) is 21.4. The average molecular weight is 584 g/mol. The number of para-hydroxylation sites is 1. The van der Waals surface area contributed by atoms with E-state index < -0.39 is 24.0 Å². The van der Waals surface area contributed by atoms with E-state index in [4.69, 9.17) is 32.5 Å². The first-order chi connectivity index (χ1) is 17.4. The van der Waals surface area contributed by atoms with Crippen LogP contribution in [-0.4, -0.2) is 17.9 Å². The zero-order valence-corrected chi connectivity index (χ0v) is 21.6. The van der Waals surface area contributed by atoms with Crippen LogP contribution < -0.4 is 9.96 Å². The molecule has 0 spiro atoms. The molecule has 2 aliphatic rings. The van der Waals surface area contributed by atoms with Gasteiger partial charge in [0, 0.05) is 15.1 Å². The fourth-order valence-corrected chi connectivity index (χ4v) is 5.34. The SMILES string of the molecule is O=C1[C@H]2[C@H](ON(c3ccccc3)[C@@H]2c2ccc(-c3cc(Cl)ccc3Cl)o2)C(=O)N1c1ccc(Br)cc1. The van der Waals surface area contributed by atoms with Gasteiger partial charge < -0.3 is 4.42 Å². The van der Waals surface area contributed by atoms with Gasteiger partial charge in [0.2, 0.25) is 5.91 Å². The minimum atomic E-state index is -0.991. The molecule has 3 aromatic carbocycles. The fraction of sp³-hybridized carbons (Fsp3) is 0.111. The summed E-state index contributed by atoms with van der Waals surface area (Å²) in [5.74, 6) is -0.614. The highest BCUT2D eigenvalue weighted by atomic mass is 79.9. The van der Waals surface area contributed by atoms with Crippen LogP contribution in [0.15, 0.2) is 93.8 Å². The van der Waals surface area contributed by atoms with Gasteiger partial charge in [0.05, 0.1) is 16.4 Å². The lowest BCUT2D eigenvalue weighted by Gasteiger charge is -2.27. The van der Waals surface area contributed by atoms with Gasteiger partial charge in [0.25, 0.3) is 5.91 Å². The summed E-state index contributed by atoms with van der Waals surface area (Å²) in [4.78, 5) is 34.5. The first kappa shape index (κ1) is 23.3. The number of carbonyl (C=O) groups is 2. The summed E-state index contributed by atoms with van der Waals surface area (Å²) >= 11 is 16.0. The number of carbonyl (C=O) groups excluding carboxylic acids is 2. The largest absolute Gasteiger partial charge is 0.459 e. The Kier molecular flexibility index (Phi) is 5.88. The van der Waals surface area contributed by atoms with Crippen molar-refractivity contribution >= 4 is 62.3 Å². The average Bonchev–Trinajstić information content (AvgIpc) is 3.57. The summed E-state index contributed by atoms with van der Waals surface area (Å²) in [6.07, 6.45) is -0.991. The van der Waals surface area contributed by atoms with Crippen molar-refractivity contribution in [3.05, 3.63) is 105 Å². The summed E-state index contributed by atoms with van der Waals surface area (Å²) in [6.45, 7) is 0. The minimum absolute atomic E-state index is 0.352. The van der Waals surface area contributed by atoms with Crippen LogP contribution in [0.5, 0.6) is 0 Å². The standard InChI is InChI=1S/C27H17BrCl2N2O4/c28-15-6-9-17(10-7-15)31-26(33)23-24(32(36-25(23)27(31)34)18-4-2-1-3-5-18)22-13-12-21(35-22)19-14-16(29)8-11-20(19)30/h1-14,23-25H/t23-,24-,25+/m1/s1. The first-order valence-corrected chi connectivity index (χ1v) is 12.7. The second kappa shape index (κ2) is 9.09. The molecule has 0 N–H and O–H groups in total. The van der Waals surface area contributed by atoms with Crippen LogP contribution in [0.1, 0.15) is 11.8 Å². The van der Waals surface area contributed by atoms with Crippen LogP contribution in [-0.2, 0) is 14.4 Å². The summed E-state index contributed by atoms with van der Waals surface area (Å²) in [5.41, 5.74) is 1.82. The third-order valence-corrected chi connectivity index (χ3v) is 7.42. The van der Waals surface area contributed by atoms with Crippen molar-refractivity contribution in [2.45, 2.75) is 12.1 Å². The van der Waals surface area contributed by atoms with Crippen molar-refractivity contribution in [1.29, 1.82) is 0 Å². The minimum Gasteiger partial charge on any atom is -0.459 e. The summed E-state index contributed by atoms with van der Waals surface area (Å²) < 4.78 is 7.08. The molecule has 3 atom stereocenters. The van der Waals surface area contributed by atoms with Crippen LogP contribution in [0, 0.1) is 5.92 Å². The predicted octanol–water partition coefficient (Wildman–Crippen LogP) is 7.07. The highest BCUT2D eigenvalue weighted by molar-refractivity contribution is 9.10. The molecule has 0 unspecified atom stereocenters. The highest BCUT2D eigenvalue weighted by Gasteiger charge is 2.61. The van der Waals surface area contributed by atoms with Gasteiger partial charge >= 0.3 is 0 Å². The Morgan fingerprint density at radius 3 is 2.31 bits per heavy atom. The first-order valence-electron chi connectivity index (χ1n) is 11.1. The third kappa shape index (κ3) is 3.83. The van der Waals surface area contributed by atoms with Crippen LogP contribution >= 0.6 is 39.1 Å². The van der Waals surface area contributed by atoms with Gasteiger partial charge in [0.15, 0.2) is 6.10 Å². The molecule has 9 heteroatoms. The maximum Gasteiger partial charge on any atom is 0.266 e. The fourth-order valence-electron chi connectivity index (χ4n) is 4.69. The second-order valence-electron chi connectivity index (χ2n) is 8.47. The molecule has 2 saturated heterocycles.